The van der Waals surface area contributed by atoms with Crippen molar-refractivity contribution in [1.29, 1.82) is 0 Å². The highest BCUT2D eigenvalue weighted by molar-refractivity contribution is 6.30. The summed E-state index contributed by atoms with van der Waals surface area (Å²) in [7, 11) is 0. The summed E-state index contributed by atoms with van der Waals surface area (Å²) in [5.41, 5.74) is 0. The smallest absolute Gasteiger partial charge is 0.159 e. The minimum absolute atomic E-state index is 0.357. The van der Waals surface area contributed by atoms with Crippen LogP contribution in [0.15, 0.2) is 18.2 Å². The van der Waals surface area contributed by atoms with Crippen LogP contribution in [0.4, 0.5) is 0 Å². The van der Waals surface area contributed by atoms with Crippen LogP contribution in [0.25, 0.3) is 11.8 Å². The lowest BCUT2D eigenvalue weighted by Crippen LogP contribution is -2.28. The second-order valence-electron chi connectivity index (χ2n) is 3.11. The van der Waals surface area contributed by atoms with E-state index in [0.717, 1.165) is 22.4 Å². The molecule has 2 heteroatoms. The molecule has 1 fully saturated rings. The molecule has 1 atom stereocenters. The molecule has 1 aromatic rings. The Kier molecular flexibility index (Phi) is 1.12. The molecule has 1 aromatic carbocycles. The first-order valence-electron chi connectivity index (χ1n) is 4.02. The monoisotopic (exact) mass is 178 g/mol. The Labute approximate surface area is 74.9 Å². The van der Waals surface area contributed by atoms with Gasteiger partial charge in [0.25, 0.3) is 0 Å². The van der Waals surface area contributed by atoms with Crippen molar-refractivity contribution in [3.05, 3.63) is 33.7 Å². The number of benzene rings is 1. The SMILES string of the molecule is Clc1cccc2c1=CCC1OC=21. The largest absolute Gasteiger partial charge is 0.482 e. The Morgan fingerprint density at radius 3 is 3.25 bits per heavy atom. The molecule has 0 aromatic heterocycles. The van der Waals surface area contributed by atoms with E-state index in [1.165, 1.54) is 5.22 Å². The summed E-state index contributed by atoms with van der Waals surface area (Å²) >= 11 is 6.03. The number of hydrogen-bond donors (Lipinski definition) is 0. The second-order valence-corrected chi connectivity index (χ2v) is 3.52. The predicted molar refractivity (Wildman–Crippen MR) is 48.1 cm³/mol. The summed E-state index contributed by atoms with van der Waals surface area (Å²) in [5, 5.41) is 3.15. The maximum Gasteiger partial charge on any atom is 0.159 e. The van der Waals surface area contributed by atoms with Crippen molar-refractivity contribution in [2.45, 2.75) is 12.5 Å². The van der Waals surface area contributed by atoms with Crippen molar-refractivity contribution < 1.29 is 4.74 Å². The van der Waals surface area contributed by atoms with Gasteiger partial charge in [0, 0.05) is 16.7 Å². The van der Waals surface area contributed by atoms with Crippen LogP contribution in [-0.4, -0.2) is 6.10 Å². The Hall–Kier alpha value is -0.950. The van der Waals surface area contributed by atoms with E-state index in [1.807, 2.05) is 12.1 Å². The van der Waals surface area contributed by atoms with Crippen molar-refractivity contribution in [3.8, 4) is 0 Å². The molecule has 1 aliphatic heterocycles. The molecule has 1 saturated heterocycles. The summed E-state index contributed by atoms with van der Waals surface area (Å²) in [6.07, 6.45) is 3.49. The van der Waals surface area contributed by atoms with Gasteiger partial charge in [0.2, 0.25) is 0 Å². The first kappa shape index (κ1) is 6.55. The van der Waals surface area contributed by atoms with Gasteiger partial charge in [0.1, 0.15) is 5.76 Å². The topological polar surface area (TPSA) is 12.5 Å². The lowest BCUT2D eigenvalue weighted by atomic mass is 10.1. The number of epoxide rings is 1. The molecule has 1 unspecified atom stereocenters. The third-order valence-corrected chi connectivity index (χ3v) is 2.69. The fourth-order valence-corrected chi connectivity index (χ4v) is 1.95. The van der Waals surface area contributed by atoms with E-state index in [0.29, 0.717) is 6.10 Å². The van der Waals surface area contributed by atoms with Gasteiger partial charge in [-0.1, -0.05) is 29.8 Å². The quantitative estimate of drug-likeness (QED) is 0.541. The number of fused-ring (bicyclic) bond motifs is 2. The summed E-state index contributed by atoms with van der Waals surface area (Å²) in [6.45, 7) is 0. The van der Waals surface area contributed by atoms with E-state index in [9.17, 15) is 0 Å². The Morgan fingerprint density at radius 1 is 1.42 bits per heavy atom. The Balaban J connectivity index is 2.53. The first-order valence-corrected chi connectivity index (χ1v) is 4.39. The molecule has 60 valence electrons. The normalized spacial score (nSPS) is 23.4. The van der Waals surface area contributed by atoms with Crippen molar-refractivity contribution in [3.63, 3.8) is 0 Å². The molecule has 3 rings (SSSR count). The highest BCUT2D eigenvalue weighted by Crippen LogP contribution is 2.31. The minimum atomic E-state index is 0.357. The van der Waals surface area contributed by atoms with Crippen molar-refractivity contribution in [2.75, 3.05) is 0 Å². The fraction of sp³-hybridized carbons (Fsp3) is 0.200. The van der Waals surface area contributed by atoms with Crippen LogP contribution >= 0.6 is 11.6 Å². The van der Waals surface area contributed by atoms with Gasteiger partial charge < -0.3 is 4.74 Å². The molecule has 12 heavy (non-hydrogen) atoms. The minimum Gasteiger partial charge on any atom is -0.482 e. The van der Waals surface area contributed by atoms with Gasteiger partial charge in [-0.3, -0.25) is 0 Å². The van der Waals surface area contributed by atoms with Crippen LogP contribution in [0, 0.1) is 0 Å². The first-order chi connectivity index (χ1) is 5.86. The van der Waals surface area contributed by atoms with Gasteiger partial charge >= 0.3 is 0 Å². The van der Waals surface area contributed by atoms with Gasteiger partial charge in [0.05, 0.1) is 0 Å². The number of halogens is 1. The average Bonchev–Trinajstić information content (AvgIpc) is 2.83. The van der Waals surface area contributed by atoms with E-state index >= 15 is 0 Å². The van der Waals surface area contributed by atoms with Gasteiger partial charge in [-0.2, -0.15) is 0 Å². The average molecular weight is 179 g/mol. The Morgan fingerprint density at radius 2 is 2.33 bits per heavy atom. The lowest BCUT2D eigenvalue weighted by molar-refractivity contribution is 0.448. The van der Waals surface area contributed by atoms with Gasteiger partial charge in [0.15, 0.2) is 6.10 Å². The van der Waals surface area contributed by atoms with Crippen LogP contribution in [0.5, 0.6) is 0 Å². The van der Waals surface area contributed by atoms with Crippen LogP contribution < -0.4 is 10.4 Å². The maximum atomic E-state index is 6.03. The molecule has 0 saturated carbocycles. The van der Waals surface area contributed by atoms with E-state index < -0.39 is 0 Å². The Bertz CT molecular complexity index is 461. The molecule has 0 bridgehead atoms. The predicted octanol–water partition coefficient (Wildman–Crippen LogP) is 1.03. The summed E-state index contributed by atoms with van der Waals surface area (Å²) < 4.78 is 5.39. The summed E-state index contributed by atoms with van der Waals surface area (Å²) in [6, 6.07) is 5.94. The lowest BCUT2D eigenvalue weighted by Gasteiger charge is -1.95. The molecule has 0 radical (unpaired) electrons. The van der Waals surface area contributed by atoms with Gasteiger partial charge in [-0.05, 0) is 11.3 Å². The van der Waals surface area contributed by atoms with Crippen molar-refractivity contribution in [2.24, 2.45) is 0 Å². The molecule has 0 amide bonds. The molecule has 0 N–H and O–H groups in total. The molecule has 2 aliphatic rings. The molecular formula is C10H7ClO. The van der Waals surface area contributed by atoms with Crippen molar-refractivity contribution >= 4 is 23.4 Å². The second kappa shape index (κ2) is 2.05. The van der Waals surface area contributed by atoms with Crippen LogP contribution in [-0.2, 0) is 4.74 Å². The van der Waals surface area contributed by atoms with E-state index in [2.05, 4.69) is 12.1 Å². The van der Waals surface area contributed by atoms with Crippen LogP contribution in [0.1, 0.15) is 6.42 Å². The van der Waals surface area contributed by atoms with Crippen molar-refractivity contribution in [1.82, 2.24) is 0 Å². The highest BCUT2D eigenvalue weighted by Gasteiger charge is 2.34. The molecular weight excluding hydrogens is 172 g/mol. The highest BCUT2D eigenvalue weighted by atomic mass is 35.5. The molecule has 1 aliphatic carbocycles. The summed E-state index contributed by atoms with van der Waals surface area (Å²) in [4.78, 5) is 0. The van der Waals surface area contributed by atoms with E-state index in [-0.39, 0.29) is 0 Å². The number of rotatable bonds is 0. The van der Waals surface area contributed by atoms with Gasteiger partial charge in [-0.15, -0.1) is 0 Å². The number of ether oxygens (including phenoxy) is 1. The number of hydrogen-bond acceptors (Lipinski definition) is 1. The standard InChI is InChI=1S/C10H7ClO/c11-8-3-1-2-7-6(8)4-5-9-10(7)12-9/h1-4,9H,5H2. The summed E-state index contributed by atoms with van der Waals surface area (Å²) in [5.74, 6) is 1.12. The fourth-order valence-electron chi connectivity index (χ4n) is 1.70. The molecule has 1 nitrogen and oxygen atoms in total. The molecule has 0 spiro atoms. The van der Waals surface area contributed by atoms with E-state index in [1.54, 1.807) is 0 Å². The maximum absolute atomic E-state index is 6.03. The van der Waals surface area contributed by atoms with Gasteiger partial charge in [-0.25, -0.2) is 0 Å². The van der Waals surface area contributed by atoms with Crippen LogP contribution in [0.3, 0.4) is 0 Å². The zero-order valence-corrected chi connectivity index (χ0v) is 7.14. The third-order valence-electron chi connectivity index (χ3n) is 2.36. The zero-order chi connectivity index (χ0) is 8.13. The zero-order valence-electron chi connectivity index (χ0n) is 6.38. The molecule has 1 heterocycles. The van der Waals surface area contributed by atoms with Crippen LogP contribution in [0.2, 0.25) is 5.02 Å². The third kappa shape index (κ3) is 0.745. The van der Waals surface area contributed by atoms with E-state index in [4.69, 9.17) is 16.3 Å².